The maximum Gasteiger partial charge on any atom is 0.312 e. The SMILES string of the molecule is NC(=O)NC(CC(=O)NCc1cccc(NC(=O)C2CC2)c1)c1cccc(Br)c1. The predicted octanol–water partition coefficient (Wildman–Crippen LogP) is 3.21. The number of benzene rings is 2. The first-order valence-electron chi connectivity index (χ1n) is 9.38. The van der Waals surface area contributed by atoms with Crippen molar-refractivity contribution in [3.8, 4) is 0 Å². The number of anilines is 1. The number of halogens is 1. The zero-order valence-electron chi connectivity index (χ0n) is 15.8. The molecule has 7 nitrogen and oxygen atoms in total. The lowest BCUT2D eigenvalue weighted by atomic mass is 10.0. The number of hydrogen-bond donors (Lipinski definition) is 4. The number of nitrogens with two attached hydrogens (primary N) is 1. The Bertz CT molecular complexity index is 914. The first-order valence-corrected chi connectivity index (χ1v) is 10.2. The summed E-state index contributed by atoms with van der Waals surface area (Å²) in [7, 11) is 0. The van der Waals surface area contributed by atoms with Crippen LogP contribution in [0.15, 0.2) is 53.0 Å². The molecule has 0 heterocycles. The Morgan fingerprint density at radius 3 is 2.55 bits per heavy atom. The van der Waals surface area contributed by atoms with Gasteiger partial charge in [0, 0.05) is 22.6 Å². The maximum absolute atomic E-state index is 12.4. The minimum atomic E-state index is -0.693. The Morgan fingerprint density at radius 2 is 1.86 bits per heavy atom. The summed E-state index contributed by atoms with van der Waals surface area (Å²) in [5, 5.41) is 8.35. The fourth-order valence-corrected chi connectivity index (χ4v) is 3.37. The van der Waals surface area contributed by atoms with E-state index in [9.17, 15) is 14.4 Å². The van der Waals surface area contributed by atoms with Crippen LogP contribution >= 0.6 is 15.9 Å². The minimum Gasteiger partial charge on any atom is -0.352 e. The molecule has 4 amide bonds. The molecule has 0 bridgehead atoms. The van der Waals surface area contributed by atoms with Crippen molar-refractivity contribution >= 4 is 39.5 Å². The first kappa shape index (κ1) is 20.9. The molecule has 2 aromatic rings. The Kier molecular flexibility index (Phi) is 6.87. The zero-order chi connectivity index (χ0) is 20.8. The van der Waals surface area contributed by atoms with Crippen molar-refractivity contribution in [1.82, 2.24) is 10.6 Å². The highest BCUT2D eigenvalue weighted by Crippen LogP contribution is 2.30. The average molecular weight is 459 g/mol. The molecule has 29 heavy (non-hydrogen) atoms. The normalized spacial score (nSPS) is 14.0. The molecule has 1 aliphatic rings. The maximum atomic E-state index is 12.4. The fourth-order valence-electron chi connectivity index (χ4n) is 2.95. The van der Waals surface area contributed by atoms with Crippen LogP contribution in [0.4, 0.5) is 10.5 Å². The van der Waals surface area contributed by atoms with Crippen molar-refractivity contribution in [1.29, 1.82) is 0 Å². The van der Waals surface area contributed by atoms with E-state index >= 15 is 0 Å². The number of urea groups is 1. The van der Waals surface area contributed by atoms with Crippen LogP contribution in [0.3, 0.4) is 0 Å². The number of carbonyl (C=O) groups is 3. The second-order valence-electron chi connectivity index (χ2n) is 7.06. The average Bonchev–Trinajstić information content (AvgIpc) is 3.51. The second-order valence-corrected chi connectivity index (χ2v) is 7.98. The van der Waals surface area contributed by atoms with E-state index in [1.165, 1.54) is 0 Å². The molecule has 152 valence electrons. The summed E-state index contributed by atoms with van der Waals surface area (Å²) in [6.07, 6.45) is 1.94. The van der Waals surface area contributed by atoms with Gasteiger partial charge in [-0.3, -0.25) is 9.59 Å². The van der Waals surface area contributed by atoms with Crippen LogP contribution in [0.2, 0.25) is 0 Å². The number of hydrogen-bond acceptors (Lipinski definition) is 3. The number of nitrogens with one attached hydrogen (secondary N) is 3. The number of rotatable bonds is 8. The quantitative estimate of drug-likeness (QED) is 0.486. The molecule has 3 rings (SSSR count). The highest BCUT2D eigenvalue weighted by atomic mass is 79.9. The lowest BCUT2D eigenvalue weighted by molar-refractivity contribution is -0.121. The van der Waals surface area contributed by atoms with E-state index < -0.39 is 12.1 Å². The van der Waals surface area contributed by atoms with Gasteiger partial charge < -0.3 is 21.7 Å². The summed E-state index contributed by atoms with van der Waals surface area (Å²) < 4.78 is 0.844. The predicted molar refractivity (Wildman–Crippen MR) is 114 cm³/mol. The van der Waals surface area contributed by atoms with Crippen molar-refractivity contribution < 1.29 is 14.4 Å². The highest BCUT2D eigenvalue weighted by Gasteiger charge is 2.29. The molecule has 1 aliphatic carbocycles. The summed E-state index contributed by atoms with van der Waals surface area (Å²) >= 11 is 3.39. The van der Waals surface area contributed by atoms with Crippen molar-refractivity contribution in [3.63, 3.8) is 0 Å². The molecule has 0 aliphatic heterocycles. The third-order valence-electron chi connectivity index (χ3n) is 4.59. The molecule has 1 atom stereocenters. The topological polar surface area (TPSA) is 113 Å². The van der Waals surface area contributed by atoms with Gasteiger partial charge >= 0.3 is 6.03 Å². The fraction of sp³-hybridized carbons (Fsp3) is 0.286. The number of primary amides is 1. The molecule has 0 spiro atoms. The molecule has 5 N–H and O–H groups in total. The molecule has 0 saturated heterocycles. The van der Waals surface area contributed by atoms with Crippen LogP contribution in [-0.2, 0) is 16.1 Å². The third kappa shape index (κ3) is 6.60. The largest absolute Gasteiger partial charge is 0.352 e. The molecular formula is C21H23BrN4O3. The van der Waals surface area contributed by atoms with E-state index in [0.717, 1.165) is 34.1 Å². The Labute approximate surface area is 177 Å². The first-order chi connectivity index (χ1) is 13.9. The summed E-state index contributed by atoms with van der Waals surface area (Å²) in [6, 6.07) is 13.5. The lowest BCUT2D eigenvalue weighted by Crippen LogP contribution is -2.36. The standard InChI is InChI=1S/C21H23BrN4O3/c22-16-5-2-4-15(10-16)18(26-21(23)29)11-19(27)24-12-13-3-1-6-17(9-13)25-20(28)14-7-8-14/h1-6,9-10,14,18H,7-8,11-12H2,(H,24,27)(H,25,28)(H3,23,26,29). The van der Waals surface area contributed by atoms with Gasteiger partial charge in [0.2, 0.25) is 11.8 Å². The summed E-state index contributed by atoms with van der Waals surface area (Å²) in [5.41, 5.74) is 7.63. The zero-order valence-corrected chi connectivity index (χ0v) is 17.4. The van der Waals surface area contributed by atoms with Gasteiger partial charge in [0.25, 0.3) is 0 Å². The highest BCUT2D eigenvalue weighted by molar-refractivity contribution is 9.10. The van der Waals surface area contributed by atoms with Crippen molar-refractivity contribution in [2.24, 2.45) is 11.7 Å². The van der Waals surface area contributed by atoms with E-state index in [2.05, 4.69) is 31.9 Å². The van der Waals surface area contributed by atoms with E-state index in [4.69, 9.17) is 5.73 Å². The molecule has 1 unspecified atom stereocenters. The van der Waals surface area contributed by atoms with Gasteiger partial charge in [-0.2, -0.15) is 0 Å². The summed E-state index contributed by atoms with van der Waals surface area (Å²) in [5.74, 6) is -0.0530. The molecule has 2 aromatic carbocycles. The van der Waals surface area contributed by atoms with Gasteiger partial charge in [-0.15, -0.1) is 0 Å². The molecule has 0 aromatic heterocycles. The summed E-state index contributed by atoms with van der Waals surface area (Å²) in [6.45, 7) is 0.313. The second kappa shape index (κ2) is 9.56. The van der Waals surface area contributed by atoms with Crippen LogP contribution in [0.5, 0.6) is 0 Å². The van der Waals surface area contributed by atoms with Crippen LogP contribution in [0.1, 0.15) is 36.4 Å². The Balaban J connectivity index is 1.57. The van der Waals surface area contributed by atoms with E-state index in [1.807, 2.05) is 48.5 Å². The molecule has 1 saturated carbocycles. The van der Waals surface area contributed by atoms with E-state index in [1.54, 1.807) is 0 Å². The third-order valence-corrected chi connectivity index (χ3v) is 5.08. The van der Waals surface area contributed by atoms with E-state index in [0.29, 0.717) is 6.54 Å². The lowest BCUT2D eigenvalue weighted by Gasteiger charge is -2.18. The smallest absolute Gasteiger partial charge is 0.312 e. The number of carbonyl (C=O) groups excluding carboxylic acids is 3. The van der Waals surface area contributed by atoms with E-state index in [-0.39, 0.29) is 24.2 Å². The van der Waals surface area contributed by atoms with Gasteiger partial charge in [0.1, 0.15) is 0 Å². The monoisotopic (exact) mass is 458 g/mol. The minimum absolute atomic E-state index is 0.0422. The van der Waals surface area contributed by atoms with Gasteiger partial charge in [-0.05, 0) is 48.2 Å². The van der Waals surface area contributed by atoms with Crippen LogP contribution in [-0.4, -0.2) is 17.8 Å². The van der Waals surface area contributed by atoms with Gasteiger partial charge in [-0.25, -0.2) is 4.79 Å². The summed E-state index contributed by atoms with van der Waals surface area (Å²) in [4.78, 5) is 35.7. The molecule has 8 heteroatoms. The Hall–Kier alpha value is -2.87. The molecule has 0 radical (unpaired) electrons. The van der Waals surface area contributed by atoms with Gasteiger partial charge in [0.15, 0.2) is 0 Å². The van der Waals surface area contributed by atoms with Crippen LogP contribution in [0, 0.1) is 5.92 Å². The van der Waals surface area contributed by atoms with Crippen LogP contribution < -0.4 is 21.7 Å². The van der Waals surface area contributed by atoms with Crippen molar-refractivity contribution in [3.05, 3.63) is 64.1 Å². The van der Waals surface area contributed by atoms with Crippen molar-refractivity contribution in [2.45, 2.75) is 31.8 Å². The molecular weight excluding hydrogens is 436 g/mol. The van der Waals surface area contributed by atoms with Crippen LogP contribution in [0.25, 0.3) is 0 Å². The van der Waals surface area contributed by atoms with Gasteiger partial charge in [-0.1, -0.05) is 40.2 Å². The van der Waals surface area contributed by atoms with Gasteiger partial charge in [0.05, 0.1) is 12.5 Å². The number of amides is 4. The van der Waals surface area contributed by atoms with Crippen molar-refractivity contribution in [2.75, 3.05) is 5.32 Å². The molecule has 1 fully saturated rings. The Morgan fingerprint density at radius 1 is 1.10 bits per heavy atom.